The molecule has 3 heterocycles. The Hall–Kier alpha value is -5.33. The van der Waals surface area contributed by atoms with Gasteiger partial charge in [0.25, 0.3) is 0 Å². The van der Waals surface area contributed by atoms with Crippen molar-refractivity contribution in [2.24, 2.45) is 17.8 Å². The van der Waals surface area contributed by atoms with E-state index in [1.165, 1.54) is 55.8 Å². The molecule has 0 fully saturated rings. The van der Waals surface area contributed by atoms with Crippen LogP contribution in [0.3, 0.4) is 0 Å². The fraction of sp³-hybridized carbons (Fsp3) is 0.286. The van der Waals surface area contributed by atoms with Gasteiger partial charge >= 0.3 is 0 Å². The Morgan fingerprint density at radius 3 is 2.56 bits per heavy atom. The van der Waals surface area contributed by atoms with Crippen molar-refractivity contribution in [1.82, 2.24) is 4.98 Å². The zero-order chi connectivity index (χ0) is 35.2. The molecule has 0 spiro atoms. The van der Waals surface area contributed by atoms with Gasteiger partial charge in [-0.15, -0.1) is 6.42 Å². The molecule has 258 valence electrons. The van der Waals surface area contributed by atoms with Crippen molar-refractivity contribution in [2.45, 2.75) is 70.0 Å². The molecule has 0 bridgehead atoms. The Labute approximate surface area is 309 Å². The van der Waals surface area contributed by atoms with E-state index in [0.717, 1.165) is 32.1 Å². The Morgan fingerprint density at radius 1 is 0.885 bits per heavy atom. The molecule has 0 amide bonds. The topological polar surface area (TPSA) is 19.4 Å². The largest absolute Gasteiger partial charge is 0.357 e. The summed E-state index contributed by atoms with van der Waals surface area (Å²) in [5.74, 6) is 4.40. The molecule has 0 N–H and O–H groups in total. The Bertz CT molecular complexity index is 2220. The zero-order valence-electron chi connectivity index (χ0n) is 30.3. The summed E-state index contributed by atoms with van der Waals surface area (Å²) in [6.45, 7) is 4.81. The molecule has 0 saturated heterocycles. The van der Waals surface area contributed by atoms with Gasteiger partial charge in [0.2, 0.25) is 0 Å². The van der Waals surface area contributed by atoms with Crippen LogP contribution in [0.2, 0.25) is 0 Å². The second-order valence-corrected chi connectivity index (χ2v) is 15.4. The molecular weight excluding hydrogens is 631 g/mol. The Morgan fingerprint density at radius 2 is 1.71 bits per heavy atom. The van der Waals surface area contributed by atoms with E-state index in [2.05, 4.69) is 157 Å². The lowest BCUT2D eigenvalue weighted by Crippen LogP contribution is -2.47. The van der Waals surface area contributed by atoms with Gasteiger partial charge in [-0.3, -0.25) is 4.98 Å². The number of benzene rings is 3. The van der Waals surface area contributed by atoms with Gasteiger partial charge in [-0.2, -0.15) is 0 Å². The highest BCUT2D eigenvalue weighted by Gasteiger charge is 2.48. The SMILES string of the molecule is C#C/C=C\C1C(C)C2=C(c3ccccc3N1C1C=CC(C3=CCC(C)CC3c3nccc4ccccc34)=CC1)C1CCC=CC1N2c1ccccc1. The number of para-hydroxylation sites is 2. The van der Waals surface area contributed by atoms with Crippen molar-refractivity contribution in [2.75, 3.05) is 9.80 Å². The highest BCUT2D eigenvalue weighted by molar-refractivity contribution is 5.89. The molecule has 0 radical (unpaired) electrons. The molecule has 3 aliphatic carbocycles. The predicted octanol–water partition coefficient (Wildman–Crippen LogP) is 11.2. The van der Waals surface area contributed by atoms with Crippen LogP contribution in [-0.2, 0) is 0 Å². The summed E-state index contributed by atoms with van der Waals surface area (Å²) in [6, 6.07) is 31.6. The third-order valence-corrected chi connectivity index (χ3v) is 12.3. The van der Waals surface area contributed by atoms with Crippen LogP contribution in [0.1, 0.15) is 63.1 Å². The summed E-state index contributed by atoms with van der Waals surface area (Å²) in [6.07, 6.45) is 32.3. The number of anilines is 2. The lowest BCUT2D eigenvalue weighted by Gasteiger charge is -2.43. The van der Waals surface area contributed by atoms with E-state index in [1.807, 2.05) is 12.3 Å². The summed E-state index contributed by atoms with van der Waals surface area (Å²) in [4.78, 5) is 10.4. The Kier molecular flexibility index (Phi) is 8.56. The van der Waals surface area contributed by atoms with Crippen LogP contribution < -0.4 is 9.80 Å². The number of allylic oxidation sites excluding steroid dienone is 6. The maximum absolute atomic E-state index is 5.95. The van der Waals surface area contributed by atoms with Crippen molar-refractivity contribution in [1.29, 1.82) is 0 Å². The molecule has 7 atom stereocenters. The van der Waals surface area contributed by atoms with Gasteiger partial charge in [0.1, 0.15) is 0 Å². The number of hydrogen-bond donors (Lipinski definition) is 0. The van der Waals surface area contributed by atoms with E-state index in [-0.39, 0.29) is 23.9 Å². The van der Waals surface area contributed by atoms with E-state index < -0.39 is 0 Å². The second-order valence-electron chi connectivity index (χ2n) is 15.4. The smallest absolute Gasteiger partial charge is 0.0588 e. The van der Waals surface area contributed by atoms with E-state index in [1.54, 1.807) is 0 Å². The minimum Gasteiger partial charge on any atom is -0.357 e. The van der Waals surface area contributed by atoms with Crippen LogP contribution in [0.4, 0.5) is 11.4 Å². The molecule has 3 aromatic carbocycles. The number of pyridine rings is 1. The number of aromatic nitrogens is 1. The molecule has 2 aliphatic heterocycles. The zero-order valence-corrected chi connectivity index (χ0v) is 30.3. The Balaban J connectivity index is 1.11. The molecule has 0 saturated carbocycles. The van der Waals surface area contributed by atoms with E-state index >= 15 is 0 Å². The van der Waals surface area contributed by atoms with Crippen LogP contribution in [0, 0.1) is 30.1 Å². The number of hydrogen-bond acceptors (Lipinski definition) is 3. The van der Waals surface area contributed by atoms with E-state index in [4.69, 9.17) is 11.4 Å². The average molecular weight is 678 g/mol. The number of rotatable bonds is 5. The van der Waals surface area contributed by atoms with Crippen molar-refractivity contribution in [3.63, 3.8) is 0 Å². The lowest BCUT2D eigenvalue weighted by atomic mass is 9.75. The molecular formula is C49H47N3. The standard InChI is InChI=1S/C49H47N3/c1-4-5-21-44-34(3)49-47(42-20-12-14-23-46(42)52(49)37-16-7-6-8-17-37)41-19-11-13-22-45(41)51(44)38-27-25-36(26-28-38)39-29-24-33(2)32-43(39)48-40-18-10-9-15-35(40)30-31-50-48/h1,5-11,13-19,21-23,25-27,29-31,33-34,38,42-44,46H,12,20,24,28,32H2,2-3H3/b21-5-. The summed E-state index contributed by atoms with van der Waals surface area (Å²) < 4.78 is 0. The highest BCUT2D eigenvalue weighted by Crippen LogP contribution is 2.54. The van der Waals surface area contributed by atoms with Gasteiger partial charge < -0.3 is 9.80 Å². The fourth-order valence-electron chi connectivity index (χ4n) is 10.0. The van der Waals surface area contributed by atoms with Crippen LogP contribution in [0.25, 0.3) is 16.3 Å². The third kappa shape index (κ3) is 5.48. The van der Waals surface area contributed by atoms with Gasteiger partial charge in [0.15, 0.2) is 0 Å². The normalized spacial score (nSPS) is 28.2. The molecule has 5 aliphatic rings. The van der Waals surface area contributed by atoms with Crippen molar-refractivity contribution < 1.29 is 0 Å². The molecule has 4 aromatic rings. The number of nitrogens with zero attached hydrogens (tertiary/aromatic N) is 3. The van der Waals surface area contributed by atoms with Gasteiger partial charge in [0, 0.05) is 52.0 Å². The van der Waals surface area contributed by atoms with Gasteiger partial charge in [-0.05, 0) is 90.5 Å². The van der Waals surface area contributed by atoms with Crippen LogP contribution in [-0.4, -0.2) is 23.1 Å². The number of fused-ring (bicyclic) bond motifs is 5. The summed E-state index contributed by atoms with van der Waals surface area (Å²) in [7, 11) is 0. The van der Waals surface area contributed by atoms with Gasteiger partial charge in [-0.1, -0.05) is 123 Å². The molecule has 3 nitrogen and oxygen atoms in total. The fourth-order valence-corrected chi connectivity index (χ4v) is 10.0. The van der Waals surface area contributed by atoms with Crippen molar-refractivity contribution in [3.8, 4) is 12.3 Å². The van der Waals surface area contributed by atoms with Crippen molar-refractivity contribution in [3.05, 3.63) is 168 Å². The highest BCUT2D eigenvalue weighted by atomic mass is 15.3. The first-order valence-electron chi connectivity index (χ1n) is 19.3. The number of terminal acetylenes is 1. The first kappa shape index (κ1) is 32.6. The predicted molar refractivity (Wildman–Crippen MR) is 218 cm³/mol. The van der Waals surface area contributed by atoms with Crippen LogP contribution >= 0.6 is 0 Å². The monoisotopic (exact) mass is 677 g/mol. The molecule has 7 unspecified atom stereocenters. The van der Waals surface area contributed by atoms with Gasteiger partial charge in [0.05, 0.1) is 23.8 Å². The van der Waals surface area contributed by atoms with Gasteiger partial charge in [-0.25, -0.2) is 0 Å². The second kappa shape index (κ2) is 13.7. The quantitative estimate of drug-likeness (QED) is 0.155. The minimum absolute atomic E-state index is 0.0759. The molecule has 52 heavy (non-hydrogen) atoms. The summed E-state index contributed by atoms with van der Waals surface area (Å²) in [5, 5.41) is 2.53. The molecule has 9 rings (SSSR count). The van der Waals surface area contributed by atoms with E-state index in [0.29, 0.717) is 17.9 Å². The average Bonchev–Trinajstić information content (AvgIpc) is 3.50. The van der Waals surface area contributed by atoms with Crippen LogP contribution in [0.15, 0.2) is 157 Å². The first-order valence-corrected chi connectivity index (χ1v) is 19.3. The molecule has 3 heteroatoms. The van der Waals surface area contributed by atoms with Crippen molar-refractivity contribution >= 4 is 27.7 Å². The maximum Gasteiger partial charge on any atom is 0.0588 e. The minimum atomic E-state index is 0.0759. The third-order valence-electron chi connectivity index (χ3n) is 12.3. The molecule has 1 aromatic heterocycles. The lowest BCUT2D eigenvalue weighted by molar-refractivity contribution is 0.472. The first-order chi connectivity index (χ1) is 25.6. The van der Waals surface area contributed by atoms with Crippen LogP contribution in [0.5, 0.6) is 0 Å². The maximum atomic E-state index is 5.95. The summed E-state index contributed by atoms with van der Waals surface area (Å²) in [5.41, 5.74) is 10.9. The summed E-state index contributed by atoms with van der Waals surface area (Å²) >= 11 is 0. The van der Waals surface area contributed by atoms with E-state index in [9.17, 15) is 0 Å².